The molecular weight excluding hydrogens is 441 g/mol. The maximum Gasteiger partial charge on any atom is 0.267 e. The van der Waals surface area contributed by atoms with Crippen LogP contribution in [0.4, 0.5) is 10.1 Å². The summed E-state index contributed by atoms with van der Waals surface area (Å²) in [5.74, 6) is -0.208. The molecule has 1 heterocycles. The lowest BCUT2D eigenvalue weighted by Crippen LogP contribution is -2.20. The molecule has 1 atom stereocenters. The molecule has 34 heavy (non-hydrogen) atoms. The Balaban J connectivity index is 1.81. The van der Waals surface area contributed by atoms with Crippen molar-refractivity contribution in [3.8, 4) is 17.2 Å². The first-order valence-electron chi connectivity index (χ1n) is 12.1. The summed E-state index contributed by atoms with van der Waals surface area (Å²) in [4.78, 5) is 13.9. The summed E-state index contributed by atoms with van der Waals surface area (Å²) in [6, 6.07) is 3.12. The molecule has 1 unspecified atom stereocenters. The molecular formula is C24H38FN5O4. The molecule has 190 valence electrons. The van der Waals surface area contributed by atoms with Crippen LogP contribution in [-0.4, -0.2) is 47.4 Å². The van der Waals surface area contributed by atoms with Gasteiger partial charge in [-0.3, -0.25) is 4.79 Å². The molecule has 0 bridgehead atoms. The first-order valence-corrected chi connectivity index (χ1v) is 12.1. The van der Waals surface area contributed by atoms with E-state index in [9.17, 15) is 9.18 Å². The van der Waals surface area contributed by atoms with E-state index in [1.54, 1.807) is 12.1 Å². The predicted molar refractivity (Wildman–Crippen MR) is 128 cm³/mol. The fourth-order valence-electron chi connectivity index (χ4n) is 3.63. The molecule has 0 spiro atoms. The summed E-state index contributed by atoms with van der Waals surface area (Å²) in [6.45, 7) is 2.77. The first kappa shape index (κ1) is 27.3. The standard InChI is InChI=1S/C24H38FN5O4/c1-5-6-7-8-9-10-11-12-13-14-15-30-28-23(27-29-30)21(25)24(31)26-22-19(33-3)16-18(32-2)17-20(22)34-4/h16-17,21H,5-15H2,1-4H3,(H,26,31). The van der Waals surface area contributed by atoms with Gasteiger partial charge in [0, 0.05) is 12.1 Å². The number of benzene rings is 1. The van der Waals surface area contributed by atoms with Crippen molar-refractivity contribution in [3.05, 3.63) is 18.0 Å². The van der Waals surface area contributed by atoms with Crippen LogP contribution >= 0.6 is 0 Å². The van der Waals surface area contributed by atoms with E-state index in [4.69, 9.17) is 14.2 Å². The lowest BCUT2D eigenvalue weighted by molar-refractivity contribution is -0.121. The van der Waals surface area contributed by atoms with E-state index in [1.807, 2.05) is 0 Å². The molecule has 9 nitrogen and oxygen atoms in total. The Bertz CT molecular complexity index is 852. The van der Waals surface area contributed by atoms with Gasteiger partial charge in [-0.15, -0.1) is 10.2 Å². The third kappa shape index (κ3) is 8.46. The third-order valence-corrected chi connectivity index (χ3v) is 5.60. The van der Waals surface area contributed by atoms with Crippen LogP contribution in [0.2, 0.25) is 0 Å². The largest absolute Gasteiger partial charge is 0.496 e. The molecule has 0 saturated carbocycles. The fourth-order valence-corrected chi connectivity index (χ4v) is 3.63. The van der Waals surface area contributed by atoms with Crippen molar-refractivity contribution in [3.63, 3.8) is 0 Å². The zero-order valence-corrected chi connectivity index (χ0v) is 20.8. The minimum absolute atomic E-state index is 0.191. The maximum atomic E-state index is 14.8. The number of amides is 1. The van der Waals surface area contributed by atoms with Crippen molar-refractivity contribution < 1.29 is 23.4 Å². The molecule has 2 aromatic rings. The van der Waals surface area contributed by atoms with Gasteiger partial charge in [-0.25, -0.2) is 4.39 Å². The van der Waals surface area contributed by atoms with E-state index in [-0.39, 0.29) is 23.0 Å². The van der Waals surface area contributed by atoms with Gasteiger partial charge in [0.05, 0.1) is 27.9 Å². The van der Waals surface area contributed by atoms with Crippen LogP contribution in [0.5, 0.6) is 17.2 Å². The van der Waals surface area contributed by atoms with Crippen LogP contribution in [-0.2, 0) is 11.3 Å². The van der Waals surface area contributed by atoms with Crippen LogP contribution in [0.15, 0.2) is 12.1 Å². The molecule has 0 aliphatic carbocycles. The molecule has 0 fully saturated rings. The van der Waals surface area contributed by atoms with Gasteiger partial charge in [0.2, 0.25) is 12.0 Å². The zero-order chi connectivity index (χ0) is 24.8. The van der Waals surface area contributed by atoms with E-state index in [2.05, 4.69) is 27.7 Å². The van der Waals surface area contributed by atoms with Gasteiger partial charge in [-0.2, -0.15) is 4.80 Å². The molecule has 0 aliphatic heterocycles. The van der Waals surface area contributed by atoms with Gasteiger partial charge in [0.15, 0.2) is 0 Å². The minimum atomic E-state index is -2.09. The molecule has 0 radical (unpaired) electrons. The zero-order valence-electron chi connectivity index (χ0n) is 20.8. The normalized spacial score (nSPS) is 11.8. The Morgan fingerprint density at radius 2 is 1.50 bits per heavy atom. The number of methoxy groups -OCH3 is 3. The summed E-state index contributed by atoms with van der Waals surface area (Å²) in [6.07, 6.45) is 10.1. The third-order valence-electron chi connectivity index (χ3n) is 5.60. The predicted octanol–water partition coefficient (Wildman–Crippen LogP) is 5.27. The number of anilines is 1. The molecule has 2 rings (SSSR count). The van der Waals surface area contributed by atoms with Crippen molar-refractivity contribution >= 4 is 11.6 Å². The minimum Gasteiger partial charge on any atom is -0.496 e. The molecule has 1 N–H and O–H groups in total. The second kappa shape index (κ2) is 15.1. The average Bonchev–Trinajstić information content (AvgIpc) is 3.33. The number of nitrogens with one attached hydrogen (secondary N) is 1. The van der Waals surface area contributed by atoms with Crippen molar-refractivity contribution in [1.29, 1.82) is 0 Å². The number of ether oxygens (including phenoxy) is 3. The number of aromatic nitrogens is 4. The van der Waals surface area contributed by atoms with E-state index in [0.717, 1.165) is 19.3 Å². The Morgan fingerprint density at radius 1 is 0.941 bits per heavy atom. The first-order chi connectivity index (χ1) is 16.5. The maximum absolute atomic E-state index is 14.8. The van der Waals surface area contributed by atoms with Gasteiger partial charge < -0.3 is 19.5 Å². The molecule has 10 heteroatoms. The number of carbonyl (C=O) groups excluding carboxylic acids is 1. The molecule has 1 aromatic carbocycles. The quantitative estimate of drug-likeness (QED) is 0.309. The van der Waals surface area contributed by atoms with Crippen molar-refractivity contribution in [2.75, 3.05) is 26.6 Å². The second-order valence-electron chi connectivity index (χ2n) is 8.18. The summed E-state index contributed by atoms with van der Waals surface area (Å²) >= 11 is 0. The summed E-state index contributed by atoms with van der Waals surface area (Å²) in [5, 5.41) is 14.1. The van der Waals surface area contributed by atoms with E-state index in [0.29, 0.717) is 12.3 Å². The van der Waals surface area contributed by atoms with Crippen LogP contribution in [0.25, 0.3) is 0 Å². The van der Waals surface area contributed by atoms with Crippen molar-refractivity contribution in [1.82, 2.24) is 20.2 Å². The monoisotopic (exact) mass is 479 g/mol. The molecule has 0 aliphatic rings. The molecule has 1 aromatic heterocycles. The van der Waals surface area contributed by atoms with Crippen LogP contribution < -0.4 is 19.5 Å². The number of aryl methyl sites for hydroxylation is 1. The topological polar surface area (TPSA) is 100 Å². The number of alkyl halides is 1. The highest BCUT2D eigenvalue weighted by molar-refractivity contribution is 5.97. The summed E-state index contributed by atoms with van der Waals surface area (Å²) in [7, 11) is 4.35. The SMILES string of the molecule is CCCCCCCCCCCCn1nnc(C(F)C(=O)Nc2c(OC)cc(OC)cc2OC)n1. The Morgan fingerprint density at radius 3 is 2.03 bits per heavy atom. The fraction of sp³-hybridized carbons (Fsp3) is 0.667. The lowest BCUT2D eigenvalue weighted by Gasteiger charge is -2.16. The van der Waals surface area contributed by atoms with E-state index in [1.165, 1.54) is 71.1 Å². The average molecular weight is 480 g/mol. The molecule has 0 saturated heterocycles. The van der Waals surface area contributed by atoms with Gasteiger partial charge in [-0.1, -0.05) is 64.7 Å². The number of hydrogen-bond acceptors (Lipinski definition) is 7. The Labute approximate surface area is 201 Å². The number of tetrazole rings is 1. The van der Waals surface area contributed by atoms with Crippen LogP contribution in [0, 0.1) is 0 Å². The van der Waals surface area contributed by atoms with Gasteiger partial charge in [-0.05, 0) is 11.6 Å². The highest BCUT2D eigenvalue weighted by Gasteiger charge is 2.27. The highest BCUT2D eigenvalue weighted by Crippen LogP contribution is 2.39. The van der Waals surface area contributed by atoms with Gasteiger partial charge in [0.25, 0.3) is 5.91 Å². The molecule has 1 amide bonds. The Hall–Kier alpha value is -2.91. The number of rotatable bonds is 17. The lowest BCUT2D eigenvalue weighted by atomic mass is 10.1. The Kier molecular flexibility index (Phi) is 12.1. The number of unbranched alkanes of at least 4 members (excludes halogenated alkanes) is 9. The van der Waals surface area contributed by atoms with Crippen LogP contribution in [0.1, 0.15) is 83.1 Å². The van der Waals surface area contributed by atoms with Crippen molar-refractivity contribution in [2.24, 2.45) is 0 Å². The smallest absolute Gasteiger partial charge is 0.267 e. The summed E-state index contributed by atoms with van der Waals surface area (Å²) < 4.78 is 30.5. The summed E-state index contributed by atoms with van der Waals surface area (Å²) in [5.41, 5.74) is 0.191. The van der Waals surface area contributed by atoms with E-state index >= 15 is 0 Å². The second-order valence-corrected chi connectivity index (χ2v) is 8.18. The number of halogens is 1. The highest BCUT2D eigenvalue weighted by atomic mass is 19.1. The van der Waals surface area contributed by atoms with Gasteiger partial charge in [0.1, 0.15) is 22.9 Å². The van der Waals surface area contributed by atoms with E-state index < -0.39 is 12.1 Å². The van der Waals surface area contributed by atoms with Crippen LogP contribution in [0.3, 0.4) is 0 Å². The van der Waals surface area contributed by atoms with Gasteiger partial charge >= 0.3 is 0 Å². The number of hydrogen-bond donors (Lipinski definition) is 1. The number of nitrogens with zero attached hydrogens (tertiary/aromatic N) is 4. The number of carbonyl (C=O) groups is 1. The van der Waals surface area contributed by atoms with Crippen molar-refractivity contribution in [2.45, 2.75) is 83.8 Å².